The van der Waals surface area contributed by atoms with Crippen molar-refractivity contribution >= 4 is 51.1 Å². The van der Waals surface area contributed by atoms with Gasteiger partial charge in [0, 0.05) is 35.1 Å². The minimum Gasteiger partial charge on any atom is -0.475 e. The number of alkyl halides is 3. The number of anilines is 3. The quantitative estimate of drug-likeness (QED) is 0.315. The predicted molar refractivity (Wildman–Crippen MR) is 114 cm³/mol. The zero-order valence-corrected chi connectivity index (χ0v) is 16.5. The summed E-state index contributed by atoms with van der Waals surface area (Å²) in [5.41, 5.74) is 16.0. The number of carboxylic acid groups (broad SMARTS) is 1. The number of fused-ring (bicyclic) bond motifs is 3. The lowest BCUT2D eigenvalue weighted by Crippen LogP contribution is -2.21. The molecule has 9 nitrogen and oxygen atoms in total. The number of benzene rings is 2. The number of nitrogens with one attached hydrogen (secondary N) is 2. The Labute approximate surface area is 178 Å². The summed E-state index contributed by atoms with van der Waals surface area (Å²) < 4.78 is 31.7. The average molecular weight is 446 g/mol. The van der Waals surface area contributed by atoms with Crippen LogP contribution in [0.15, 0.2) is 42.6 Å². The summed E-state index contributed by atoms with van der Waals surface area (Å²) in [5.74, 6) is -2.26. The number of hydrogen-bond acceptors (Lipinski definition) is 6. The van der Waals surface area contributed by atoms with E-state index in [2.05, 4.69) is 20.3 Å². The predicted octanol–water partition coefficient (Wildman–Crippen LogP) is 3.53. The molecule has 4 aromatic rings. The molecule has 166 valence electrons. The van der Waals surface area contributed by atoms with Crippen LogP contribution in [0.4, 0.5) is 30.6 Å². The smallest absolute Gasteiger partial charge is 0.475 e. The molecule has 2 heterocycles. The number of rotatable bonds is 2. The average Bonchev–Trinajstić information content (AvgIpc) is 3.15. The van der Waals surface area contributed by atoms with Crippen LogP contribution in [0.2, 0.25) is 0 Å². The summed E-state index contributed by atoms with van der Waals surface area (Å²) in [6.07, 6.45) is -3.35. The standard InChI is InChI=1S/C18H16N6O.C2HF3O2/c1-9(25)22-11-4-2-3-10(7-11)13-8-14-15(12-5-6-21-16(12)13)17(19)24-18(20)23-14;3-2(4,5)1(6)7/h2-8H,19H2,1H3,(H,22,25)(H3,20,23,24);(H,6,7). The molecule has 0 aliphatic rings. The van der Waals surface area contributed by atoms with E-state index in [1.165, 1.54) is 6.92 Å². The zero-order valence-electron chi connectivity index (χ0n) is 16.5. The Morgan fingerprint density at radius 3 is 2.47 bits per heavy atom. The maximum atomic E-state index is 11.3. The van der Waals surface area contributed by atoms with Gasteiger partial charge in [0.15, 0.2) is 5.95 Å². The molecule has 2 aromatic heterocycles. The van der Waals surface area contributed by atoms with Crippen LogP contribution in [0.25, 0.3) is 32.9 Å². The topological polar surface area (TPSA) is 160 Å². The van der Waals surface area contributed by atoms with Crippen molar-refractivity contribution in [3.05, 3.63) is 42.6 Å². The Kier molecular flexibility index (Phi) is 5.87. The van der Waals surface area contributed by atoms with Crippen LogP contribution in [-0.4, -0.2) is 38.1 Å². The largest absolute Gasteiger partial charge is 0.490 e. The fourth-order valence-electron chi connectivity index (χ4n) is 3.10. The fraction of sp³-hybridized carbons (Fsp3) is 0.100. The van der Waals surface area contributed by atoms with Crippen LogP contribution in [0, 0.1) is 0 Å². The first-order chi connectivity index (χ1) is 15.0. The maximum absolute atomic E-state index is 11.3. The number of aliphatic carboxylic acids is 1. The molecule has 1 amide bonds. The van der Waals surface area contributed by atoms with Gasteiger partial charge in [-0.1, -0.05) is 12.1 Å². The number of H-pyrrole nitrogens is 1. The molecular weight excluding hydrogens is 429 g/mol. The van der Waals surface area contributed by atoms with Crippen molar-refractivity contribution in [2.24, 2.45) is 0 Å². The molecule has 0 fully saturated rings. The number of carboxylic acids is 1. The van der Waals surface area contributed by atoms with Crippen molar-refractivity contribution in [2.45, 2.75) is 13.1 Å². The lowest BCUT2D eigenvalue weighted by Gasteiger charge is -2.11. The Morgan fingerprint density at radius 1 is 1.16 bits per heavy atom. The number of aromatic amines is 1. The van der Waals surface area contributed by atoms with E-state index in [4.69, 9.17) is 21.4 Å². The molecule has 0 unspecified atom stereocenters. The van der Waals surface area contributed by atoms with E-state index in [0.717, 1.165) is 38.6 Å². The van der Waals surface area contributed by atoms with Crippen LogP contribution in [-0.2, 0) is 9.59 Å². The lowest BCUT2D eigenvalue weighted by atomic mass is 9.99. The fourth-order valence-corrected chi connectivity index (χ4v) is 3.10. The molecule has 0 aliphatic heterocycles. The van der Waals surface area contributed by atoms with Gasteiger partial charge in [-0.3, -0.25) is 9.78 Å². The third-order valence-electron chi connectivity index (χ3n) is 4.28. The maximum Gasteiger partial charge on any atom is 0.490 e. The van der Waals surface area contributed by atoms with Gasteiger partial charge in [-0.05, 0) is 29.8 Å². The highest BCUT2D eigenvalue weighted by Gasteiger charge is 2.38. The summed E-state index contributed by atoms with van der Waals surface area (Å²) in [6.45, 7) is 1.48. The monoisotopic (exact) mass is 446 g/mol. The molecule has 32 heavy (non-hydrogen) atoms. The van der Waals surface area contributed by atoms with Crippen molar-refractivity contribution in [2.75, 3.05) is 16.8 Å². The van der Waals surface area contributed by atoms with Crippen LogP contribution >= 0.6 is 0 Å². The van der Waals surface area contributed by atoms with E-state index in [0.29, 0.717) is 5.82 Å². The van der Waals surface area contributed by atoms with Crippen molar-refractivity contribution in [3.63, 3.8) is 0 Å². The van der Waals surface area contributed by atoms with Crippen LogP contribution in [0.5, 0.6) is 0 Å². The molecule has 0 aliphatic carbocycles. The normalized spacial score (nSPS) is 11.1. The van der Waals surface area contributed by atoms with Crippen molar-refractivity contribution in [1.82, 2.24) is 15.0 Å². The highest BCUT2D eigenvalue weighted by atomic mass is 19.4. The van der Waals surface area contributed by atoms with Crippen LogP contribution in [0.3, 0.4) is 0 Å². The first-order valence-electron chi connectivity index (χ1n) is 8.98. The van der Waals surface area contributed by atoms with Gasteiger partial charge in [0.1, 0.15) is 5.82 Å². The summed E-state index contributed by atoms with van der Waals surface area (Å²) in [4.78, 5) is 31.9. The zero-order chi connectivity index (χ0) is 23.6. The van der Waals surface area contributed by atoms with E-state index < -0.39 is 12.1 Å². The van der Waals surface area contributed by atoms with E-state index in [9.17, 15) is 18.0 Å². The molecule has 0 atom stereocenters. The van der Waals surface area contributed by atoms with Crippen molar-refractivity contribution in [3.8, 4) is 11.1 Å². The number of nitrogen functional groups attached to an aromatic ring is 2. The van der Waals surface area contributed by atoms with E-state index >= 15 is 0 Å². The molecular formula is C20H17F3N6O3. The number of amides is 1. The second-order valence-corrected chi connectivity index (χ2v) is 6.63. The second-order valence-electron chi connectivity index (χ2n) is 6.63. The molecule has 0 radical (unpaired) electrons. The highest BCUT2D eigenvalue weighted by Crippen LogP contribution is 2.36. The van der Waals surface area contributed by atoms with Crippen LogP contribution in [0.1, 0.15) is 6.92 Å². The van der Waals surface area contributed by atoms with Crippen LogP contribution < -0.4 is 16.8 Å². The second kappa shape index (κ2) is 8.41. The first kappa shape index (κ1) is 22.3. The number of aromatic nitrogens is 3. The summed E-state index contributed by atoms with van der Waals surface area (Å²) in [7, 11) is 0. The molecule has 0 saturated carbocycles. The molecule has 0 saturated heterocycles. The molecule has 2 aromatic carbocycles. The molecule has 7 N–H and O–H groups in total. The van der Waals surface area contributed by atoms with Gasteiger partial charge >= 0.3 is 12.1 Å². The third kappa shape index (κ3) is 4.69. The number of carbonyl (C=O) groups is 2. The highest BCUT2D eigenvalue weighted by molar-refractivity contribution is 6.15. The molecule has 12 heteroatoms. The molecule has 4 rings (SSSR count). The number of nitrogens with two attached hydrogens (primary N) is 2. The Morgan fingerprint density at radius 2 is 1.84 bits per heavy atom. The van der Waals surface area contributed by atoms with Gasteiger partial charge in [0.25, 0.3) is 0 Å². The van der Waals surface area contributed by atoms with Gasteiger partial charge < -0.3 is 26.9 Å². The number of hydrogen-bond donors (Lipinski definition) is 5. The van der Waals surface area contributed by atoms with Gasteiger partial charge in [0.2, 0.25) is 5.91 Å². The minimum atomic E-state index is -5.08. The van der Waals surface area contributed by atoms with Crippen molar-refractivity contribution in [1.29, 1.82) is 0 Å². The summed E-state index contributed by atoms with van der Waals surface area (Å²) in [6, 6.07) is 11.5. The van der Waals surface area contributed by atoms with Gasteiger partial charge in [-0.2, -0.15) is 18.2 Å². The van der Waals surface area contributed by atoms with E-state index in [1.54, 1.807) is 6.20 Å². The van der Waals surface area contributed by atoms with Gasteiger partial charge in [0.05, 0.1) is 11.0 Å². The SMILES string of the molecule is CC(=O)Nc1cccc(-c2cc3[nH]c(N)nc(N)c3c3ccnc23)c1.O=C(O)C(F)(F)F. The van der Waals surface area contributed by atoms with E-state index in [-0.39, 0.29) is 11.9 Å². The first-order valence-corrected chi connectivity index (χ1v) is 8.98. The van der Waals surface area contributed by atoms with Gasteiger partial charge in [-0.15, -0.1) is 0 Å². The van der Waals surface area contributed by atoms with Gasteiger partial charge in [-0.25, -0.2) is 4.79 Å². The lowest BCUT2D eigenvalue weighted by molar-refractivity contribution is -0.192. The summed E-state index contributed by atoms with van der Waals surface area (Å²) >= 11 is 0. The van der Waals surface area contributed by atoms with E-state index in [1.807, 2.05) is 36.4 Å². The third-order valence-corrected chi connectivity index (χ3v) is 4.28. The van der Waals surface area contributed by atoms with Crippen molar-refractivity contribution < 1.29 is 27.9 Å². The number of nitrogens with zero attached hydrogens (tertiary/aromatic N) is 2. The minimum absolute atomic E-state index is 0.118. The number of carbonyl (C=O) groups excluding carboxylic acids is 1. The molecule has 0 bridgehead atoms. The Balaban J connectivity index is 0.000000360. The molecule has 0 spiro atoms. The Bertz CT molecular complexity index is 1330. The summed E-state index contributed by atoms with van der Waals surface area (Å²) in [5, 5.41) is 11.6. The number of halogens is 3. The Hall–Kier alpha value is -4.35.